The number of amides is 1. The Labute approximate surface area is 187 Å². The number of nitrogens with two attached hydrogens (primary N) is 1. The highest BCUT2D eigenvalue weighted by atomic mass is 79.9. The van der Waals surface area contributed by atoms with Crippen LogP contribution in [0.1, 0.15) is 75.2 Å². The van der Waals surface area contributed by atoms with Crippen LogP contribution in [0.3, 0.4) is 0 Å². The van der Waals surface area contributed by atoms with Gasteiger partial charge in [0.05, 0.1) is 18.8 Å². The molecule has 2 N–H and O–H groups in total. The van der Waals surface area contributed by atoms with Crippen LogP contribution < -0.4 is 5.73 Å². The Kier molecular flexibility index (Phi) is 6.46. The normalized spacial score (nSPS) is 17.5. The SMILES string of the molecule is CCn1nc(N)c2c1CN(C(=O)C1(CCCCCc3cccc(Br)n3)CCCC1)C2. The Morgan fingerprint density at radius 2 is 2.00 bits per heavy atom. The van der Waals surface area contributed by atoms with Crippen LogP contribution in [0.25, 0.3) is 0 Å². The highest BCUT2D eigenvalue weighted by Crippen LogP contribution is 2.45. The van der Waals surface area contributed by atoms with Crippen LogP contribution >= 0.6 is 15.9 Å². The number of halogens is 1. The molecule has 0 radical (unpaired) electrons. The second-order valence-corrected chi connectivity index (χ2v) is 9.60. The summed E-state index contributed by atoms with van der Waals surface area (Å²) in [7, 11) is 0. The number of carbonyl (C=O) groups is 1. The lowest BCUT2D eigenvalue weighted by atomic mass is 9.79. The van der Waals surface area contributed by atoms with Crippen molar-refractivity contribution in [3.05, 3.63) is 39.8 Å². The molecule has 2 aromatic rings. The van der Waals surface area contributed by atoms with Gasteiger partial charge < -0.3 is 10.6 Å². The number of aryl methyl sites for hydroxylation is 2. The van der Waals surface area contributed by atoms with E-state index in [9.17, 15) is 4.79 Å². The smallest absolute Gasteiger partial charge is 0.229 e. The molecule has 7 heteroatoms. The van der Waals surface area contributed by atoms with Crippen molar-refractivity contribution >= 4 is 27.7 Å². The van der Waals surface area contributed by atoms with Gasteiger partial charge in [0.25, 0.3) is 0 Å². The van der Waals surface area contributed by atoms with Crippen LogP contribution in [0.5, 0.6) is 0 Å². The van der Waals surface area contributed by atoms with Crippen LogP contribution in [0.4, 0.5) is 5.82 Å². The average Bonchev–Trinajstić information content (AvgIpc) is 3.45. The summed E-state index contributed by atoms with van der Waals surface area (Å²) in [5.74, 6) is 0.927. The van der Waals surface area contributed by atoms with Crippen LogP contribution in [0, 0.1) is 5.41 Å². The minimum Gasteiger partial charge on any atom is -0.382 e. The number of unbranched alkanes of at least 4 members (excludes halogenated alkanes) is 2. The lowest BCUT2D eigenvalue weighted by Gasteiger charge is -2.32. The fourth-order valence-electron chi connectivity index (χ4n) is 5.23. The van der Waals surface area contributed by atoms with Gasteiger partial charge in [0.1, 0.15) is 4.60 Å². The highest BCUT2D eigenvalue weighted by molar-refractivity contribution is 9.10. The van der Waals surface area contributed by atoms with E-state index in [-0.39, 0.29) is 5.41 Å². The molecule has 162 valence electrons. The lowest BCUT2D eigenvalue weighted by Crippen LogP contribution is -2.40. The van der Waals surface area contributed by atoms with Gasteiger partial charge >= 0.3 is 0 Å². The molecule has 2 aliphatic rings. The van der Waals surface area contributed by atoms with Gasteiger partial charge in [-0.2, -0.15) is 5.10 Å². The highest BCUT2D eigenvalue weighted by Gasteiger charge is 2.44. The van der Waals surface area contributed by atoms with Gasteiger partial charge in [0, 0.05) is 23.2 Å². The third-order valence-corrected chi connectivity index (χ3v) is 7.29. The zero-order valence-corrected chi connectivity index (χ0v) is 19.5. The number of fused-ring (bicyclic) bond motifs is 1. The van der Waals surface area contributed by atoms with Crippen molar-refractivity contribution in [3.63, 3.8) is 0 Å². The molecule has 3 heterocycles. The number of nitrogen functional groups attached to an aromatic ring is 1. The number of rotatable bonds is 8. The molecule has 1 amide bonds. The molecule has 0 spiro atoms. The van der Waals surface area contributed by atoms with E-state index in [0.29, 0.717) is 24.8 Å². The van der Waals surface area contributed by atoms with E-state index in [1.165, 1.54) is 12.8 Å². The standard InChI is InChI=1S/C23H32BrN5O/c1-2-29-19-16-28(15-18(19)21(25)27-29)22(30)23(13-6-7-14-23)12-5-3-4-9-17-10-8-11-20(24)26-17/h8,10-11H,2-7,9,12-16H2,1H3,(H2,25,27). The van der Waals surface area contributed by atoms with Crippen molar-refractivity contribution in [1.29, 1.82) is 0 Å². The summed E-state index contributed by atoms with van der Waals surface area (Å²) in [5, 5.41) is 4.41. The van der Waals surface area contributed by atoms with E-state index in [4.69, 9.17) is 5.73 Å². The zero-order valence-electron chi connectivity index (χ0n) is 17.9. The van der Waals surface area contributed by atoms with Crippen LogP contribution in [-0.2, 0) is 30.8 Å². The second kappa shape index (κ2) is 9.08. The van der Waals surface area contributed by atoms with Crippen molar-refractivity contribution in [2.75, 3.05) is 5.73 Å². The van der Waals surface area contributed by atoms with Crippen molar-refractivity contribution in [3.8, 4) is 0 Å². The minimum atomic E-state index is -0.170. The van der Waals surface area contributed by atoms with Crippen LogP contribution in [-0.4, -0.2) is 25.6 Å². The monoisotopic (exact) mass is 473 g/mol. The topological polar surface area (TPSA) is 77.0 Å². The van der Waals surface area contributed by atoms with Gasteiger partial charge in [-0.1, -0.05) is 31.7 Å². The molecule has 0 unspecified atom stereocenters. The summed E-state index contributed by atoms with van der Waals surface area (Å²) in [6, 6.07) is 6.08. The van der Waals surface area contributed by atoms with E-state index >= 15 is 0 Å². The molecule has 0 saturated heterocycles. The fourth-order valence-corrected chi connectivity index (χ4v) is 5.61. The van der Waals surface area contributed by atoms with Crippen molar-refractivity contribution < 1.29 is 4.79 Å². The Bertz CT molecular complexity index is 903. The maximum atomic E-state index is 13.6. The first-order valence-corrected chi connectivity index (χ1v) is 12.1. The molecule has 1 aliphatic carbocycles. The van der Waals surface area contributed by atoms with E-state index in [2.05, 4.69) is 39.0 Å². The molecular formula is C23H32BrN5O. The van der Waals surface area contributed by atoms with E-state index in [1.54, 1.807) is 0 Å². The van der Waals surface area contributed by atoms with Gasteiger partial charge in [0.15, 0.2) is 5.82 Å². The number of nitrogens with zero attached hydrogens (tertiary/aromatic N) is 4. The summed E-state index contributed by atoms with van der Waals surface area (Å²) in [6.45, 7) is 4.14. The number of hydrogen-bond donors (Lipinski definition) is 1. The Morgan fingerprint density at radius 1 is 1.20 bits per heavy atom. The lowest BCUT2D eigenvalue weighted by molar-refractivity contribution is -0.143. The third-order valence-electron chi connectivity index (χ3n) is 6.85. The second-order valence-electron chi connectivity index (χ2n) is 8.79. The van der Waals surface area contributed by atoms with E-state index in [1.807, 2.05) is 21.7 Å². The van der Waals surface area contributed by atoms with Gasteiger partial charge in [0.2, 0.25) is 5.91 Å². The third kappa shape index (κ3) is 4.27. The maximum absolute atomic E-state index is 13.6. The first-order chi connectivity index (χ1) is 14.5. The summed E-state index contributed by atoms with van der Waals surface area (Å²) in [6.07, 6.45) is 9.74. The molecule has 1 saturated carbocycles. The van der Waals surface area contributed by atoms with Crippen LogP contribution in [0.15, 0.2) is 22.8 Å². The summed E-state index contributed by atoms with van der Waals surface area (Å²) in [4.78, 5) is 20.2. The summed E-state index contributed by atoms with van der Waals surface area (Å²) in [5.41, 5.74) is 9.25. The van der Waals surface area contributed by atoms with Crippen molar-refractivity contribution in [1.82, 2.24) is 19.7 Å². The van der Waals surface area contributed by atoms with Crippen molar-refractivity contribution in [2.24, 2.45) is 5.41 Å². The molecular weight excluding hydrogens is 442 g/mol. The Hall–Kier alpha value is -1.89. The Balaban J connectivity index is 1.33. The number of hydrogen-bond acceptors (Lipinski definition) is 4. The number of anilines is 1. The van der Waals surface area contributed by atoms with E-state index in [0.717, 1.165) is 73.0 Å². The number of pyridine rings is 1. The molecule has 2 aromatic heterocycles. The minimum absolute atomic E-state index is 0.170. The summed E-state index contributed by atoms with van der Waals surface area (Å²) >= 11 is 3.44. The van der Waals surface area contributed by atoms with Gasteiger partial charge in [-0.25, -0.2) is 4.98 Å². The predicted octanol–water partition coefficient (Wildman–Crippen LogP) is 4.85. The van der Waals surface area contributed by atoms with Crippen molar-refractivity contribution in [2.45, 2.75) is 84.3 Å². The van der Waals surface area contributed by atoms with Crippen LogP contribution in [0.2, 0.25) is 0 Å². The van der Waals surface area contributed by atoms with E-state index < -0.39 is 0 Å². The molecule has 1 aliphatic heterocycles. The molecule has 0 aromatic carbocycles. The molecule has 6 nitrogen and oxygen atoms in total. The van der Waals surface area contributed by atoms with Gasteiger partial charge in [-0.15, -0.1) is 0 Å². The number of aromatic nitrogens is 3. The zero-order chi connectivity index (χ0) is 21.1. The summed E-state index contributed by atoms with van der Waals surface area (Å²) < 4.78 is 2.85. The predicted molar refractivity (Wildman–Crippen MR) is 122 cm³/mol. The first-order valence-electron chi connectivity index (χ1n) is 11.3. The van der Waals surface area contributed by atoms with Gasteiger partial charge in [-0.05, 0) is 67.1 Å². The molecule has 0 atom stereocenters. The molecule has 0 bridgehead atoms. The molecule has 30 heavy (non-hydrogen) atoms. The number of carbonyl (C=O) groups excluding carboxylic acids is 1. The molecule has 1 fully saturated rings. The average molecular weight is 474 g/mol. The molecule has 4 rings (SSSR count). The maximum Gasteiger partial charge on any atom is 0.229 e. The Morgan fingerprint density at radius 3 is 2.73 bits per heavy atom. The largest absolute Gasteiger partial charge is 0.382 e. The first kappa shape index (κ1) is 21.3. The quantitative estimate of drug-likeness (QED) is 0.439. The fraction of sp³-hybridized carbons (Fsp3) is 0.609. The van der Waals surface area contributed by atoms with Gasteiger partial charge in [-0.3, -0.25) is 9.48 Å².